The number of ether oxygens (including phenoxy) is 5. The SMILES string of the molecule is COc1ccc(/C=C2\Oc3c(ccc(O)c3C[NH+]3CCOCC3)C2=O)c(OC)c1OC. The van der Waals surface area contributed by atoms with Crippen LogP contribution in [0, 0.1) is 0 Å². The summed E-state index contributed by atoms with van der Waals surface area (Å²) < 4.78 is 27.6. The van der Waals surface area contributed by atoms with Crippen LogP contribution in [0.25, 0.3) is 6.08 Å². The average Bonchev–Trinajstić information content (AvgIpc) is 3.11. The zero-order valence-electron chi connectivity index (χ0n) is 17.8. The van der Waals surface area contributed by atoms with Crippen molar-refractivity contribution in [2.75, 3.05) is 47.6 Å². The van der Waals surface area contributed by atoms with Gasteiger partial charge in [0, 0.05) is 5.56 Å². The van der Waals surface area contributed by atoms with E-state index >= 15 is 0 Å². The first-order valence-electron chi connectivity index (χ1n) is 10.1. The number of allylic oxidation sites excluding steroid dienone is 1. The third-order valence-corrected chi connectivity index (χ3v) is 5.56. The number of phenolic OH excluding ortho intramolecular Hbond substituents is 1. The van der Waals surface area contributed by atoms with Crippen molar-refractivity contribution in [2.24, 2.45) is 0 Å². The summed E-state index contributed by atoms with van der Waals surface area (Å²) in [7, 11) is 4.58. The lowest BCUT2D eigenvalue weighted by atomic mass is 10.0. The number of benzene rings is 2. The van der Waals surface area contributed by atoms with Crippen LogP contribution in [-0.2, 0) is 11.3 Å². The Hall–Kier alpha value is -3.23. The Balaban J connectivity index is 1.70. The lowest BCUT2D eigenvalue weighted by molar-refractivity contribution is -0.921. The van der Waals surface area contributed by atoms with Crippen LogP contribution in [0.3, 0.4) is 0 Å². The number of carbonyl (C=O) groups excluding carboxylic acids is 1. The van der Waals surface area contributed by atoms with Crippen molar-refractivity contribution in [3.63, 3.8) is 0 Å². The molecule has 2 aromatic rings. The maximum Gasteiger partial charge on any atom is 0.231 e. The smallest absolute Gasteiger partial charge is 0.231 e. The van der Waals surface area contributed by atoms with Gasteiger partial charge in [0.1, 0.15) is 25.4 Å². The molecular formula is C23H26NO7+. The highest BCUT2D eigenvalue weighted by Crippen LogP contribution is 2.43. The molecule has 8 heteroatoms. The normalized spacial score (nSPS) is 17.4. The van der Waals surface area contributed by atoms with Crippen LogP contribution in [0.1, 0.15) is 21.5 Å². The van der Waals surface area contributed by atoms with E-state index in [2.05, 4.69) is 0 Å². The van der Waals surface area contributed by atoms with Gasteiger partial charge in [-0.2, -0.15) is 0 Å². The van der Waals surface area contributed by atoms with Gasteiger partial charge < -0.3 is 33.7 Å². The molecule has 0 saturated carbocycles. The Morgan fingerprint density at radius 1 is 1.03 bits per heavy atom. The van der Waals surface area contributed by atoms with E-state index in [0.29, 0.717) is 59.4 Å². The molecule has 0 bridgehead atoms. The third kappa shape index (κ3) is 3.92. The van der Waals surface area contributed by atoms with E-state index in [4.69, 9.17) is 23.7 Å². The lowest BCUT2D eigenvalue weighted by Gasteiger charge is -2.24. The minimum absolute atomic E-state index is 0.121. The molecule has 0 atom stereocenters. The predicted molar refractivity (Wildman–Crippen MR) is 112 cm³/mol. The standard InChI is InChI=1S/C23H25NO7/c1-27-18-7-4-14(21(28-2)23(18)29-3)12-19-20(26)15-5-6-17(25)16(22(15)31-19)13-24-8-10-30-11-9-24/h4-7,12,25H,8-11,13H2,1-3H3/p+1/b19-12-. The first kappa shape index (κ1) is 21.0. The maximum absolute atomic E-state index is 13.0. The average molecular weight is 428 g/mol. The number of nitrogens with one attached hydrogen (secondary N) is 1. The van der Waals surface area contributed by atoms with E-state index in [1.807, 2.05) is 0 Å². The zero-order valence-corrected chi connectivity index (χ0v) is 17.8. The number of methoxy groups -OCH3 is 3. The Morgan fingerprint density at radius 2 is 1.77 bits per heavy atom. The number of rotatable bonds is 6. The lowest BCUT2D eigenvalue weighted by Crippen LogP contribution is -3.12. The number of Topliss-reactive ketones (excluding diaryl/α,β-unsaturated/α-hetero) is 1. The summed E-state index contributed by atoms with van der Waals surface area (Å²) in [5.74, 6) is 1.82. The Labute approximate surface area is 180 Å². The van der Waals surface area contributed by atoms with Gasteiger partial charge in [-0.05, 0) is 30.3 Å². The summed E-state index contributed by atoms with van der Waals surface area (Å²) in [5.41, 5.74) is 1.68. The fourth-order valence-corrected chi connectivity index (χ4v) is 3.93. The number of fused-ring (bicyclic) bond motifs is 1. The highest BCUT2D eigenvalue weighted by molar-refractivity contribution is 6.15. The Kier molecular flexibility index (Phi) is 6.01. The van der Waals surface area contributed by atoms with Crippen LogP contribution >= 0.6 is 0 Å². The molecule has 0 aromatic heterocycles. The number of quaternary nitrogens is 1. The van der Waals surface area contributed by atoms with Crippen LogP contribution in [0.2, 0.25) is 0 Å². The van der Waals surface area contributed by atoms with Gasteiger partial charge in [-0.25, -0.2) is 0 Å². The highest BCUT2D eigenvalue weighted by Gasteiger charge is 2.33. The van der Waals surface area contributed by atoms with E-state index in [0.717, 1.165) is 13.1 Å². The molecule has 0 aliphatic carbocycles. The minimum atomic E-state index is -0.245. The number of phenols is 1. The molecular weight excluding hydrogens is 402 g/mol. The molecule has 0 spiro atoms. The summed E-state index contributed by atoms with van der Waals surface area (Å²) >= 11 is 0. The number of aromatic hydroxyl groups is 1. The minimum Gasteiger partial charge on any atom is -0.507 e. The predicted octanol–water partition coefficient (Wildman–Crippen LogP) is 1.45. The van der Waals surface area contributed by atoms with E-state index in [1.54, 1.807) is 37.5 Å². The second-order valence-electron chi connectivity index (χ2n) is 7.34. The quantitative estimate of drug-likeness (QED) is 0.674. The van der Waals surface area contributed by atoms with E-state index in [1.165, 1.54) is 19.1 Å². The zero-order chi connectivity index (χ0) is 22.0. The van der Waals surface area contributed by atoms with Crippen LogP contribution in [0.15, 0.2) is 30.0 Å². The summed E-state index contributed by atoms with van der Waals surface area (Å²) in [5, 5.41) is 10.5. The fraction of sp³-hybridized carbons (Fsp3) is 0.348. The molecule has 164 valence electrons. The van der Waals surface area contributed by atoms with Crippen LogP contribution in [0.4, 0.5) is 0 Å². The number of hydrogen-bond donors (Lipinski definition) is 2. The molecule has 0 amide bonds. The van der Waals surface area contributed by atoms with Gasteiger partial charge in [0.2, 0.25) is 11.5 Å². The van der Waals surface area contributed by atoms with Crippen molar-refractivity contribution in [3.05, 3.63) is 46.7 Å². The van der Waals surface area contributed by atoms with Gasteiger partial charge in [-0.15, -0.1) is 0 Å². The van der Waals surface area contributed by atoms with E-state index in [9.17, 15) is 9.90 Å². The second kappa shape index (κ2) is 8.87. The summed E-state index contributed by atoms with van der Waals surface area (Å²) in [6.45, 7) is 3.58. The topological polar surface area (TPSA) is 87.9 Å². The Morgan fingerprint density at radius 3 is 2.45 bits per heavy atom. The fourth-order valence-electron chi connectivity index (χ4n) is 3.93. The maximum atomic E-state index is 13.0. The van der Waals surface area contributed by atoms with Crippen molar-refractivity contribution in [3.8, 4) is 28.7 Å². The molecule has 2 N–H and O–H groups in total. The van der Waals surface area contributed by atoms with Crippen molar-refractivity contribution in [1.29, 1.82) is 0 Å². The summed E-state index contributed by atoms with van der Waals surface area (Å²) in [6.07, 6.45) is 1.62. The van der Waals surface area contributed by atoms with Crippen LogP contribution < -0.4 is 23.8 Å². The molecule has 1 fully saturated rings. The molecule has 2 aliphatic heterocycles. The van der Waals surface area contributed by atoms with Gasteiger partial charge in [-0.3, -0.25) is 4.79 Å². The molecule has 2 aromatic carbocycles. The molecule has 31 heavy (non-hydrogen) atoms. The van der Waals surface area contributed by atoms with E-state index < -0.39 is 0 Å². The molecule has 2 heterocycles. The number of morpholine rings is 1. The van der Waals surface area contributed by atoms with Gasteiger partial charge in [0.15, 0.2) is 23.0 Å². The second-order valence-corrected chi connectivity index (χ2v) is 7.34. The number of hydrogen-bond acceptors (Lipinski definition) is 7. The monoisotopic (exact) mass is 428 g/mol. The van der Waals surface area contributed by atoms with Gasteiger partial charge in [0.05, 0.1) is 45.7 Å². The summed E-state index contributed by atoms with van der Waals surface area (Å²) in [4.78, 5) is 14.3. The van der Waals surface area contributed by atoms with Crippen LogP contribution in [-0.4, -0.2) is 58.5 Å². The van der Waals surface area contributed by atoms with Crippen LogP contribution in [0.5, 0.6) is 28.7 Å². The number of ketones is 1. The summed E-state index contributed by atoms with van der Waals surface area (Å²) in [6, 6.07) is 6.65. The van der Waals surface area contributed by atoms with Crippen molar-refractivity contribution < 1.29 is 38.5 Å². The van der Waals surface area contributed by atoms with Crippen molar-refractivity contribution >= 4 is 11.9 Å². The van der Waals surface area contributed by atoms with Gasteiger partial charge in [0.25, 0.3) is 0 Å². The molecule has 4 rings (SSSR count). The first-order chi connectivity index (χ1) is 15.1. The van der Waals surface area contributed by atoms with Crippen molar-refractivity contribution in [2.45, 2.75) is 6.54 Å². The number of carbonyl (C=O) groups is 1. The molecule has 0 unspecified atom stereocenters. The molecule has 1 saturated heterocycles. The largest absolute Gasteiger partial charge is 0.507 e. The van der Waals surface area contributed by atoms with Gasteiger partial charge in [-0.1, -0.05) is 0 Å². The first-order valence-corrected chi connectivity index (χ1v) is 10.1. The Bertz CT molecular complexity index is 1030. The van der Waals surface area contributed by atoms with Crippen molar-refractivity contribution in [1.82, 2.24) is 0 Å². The van der Waals surface area contributed by atoms with E-state index in [-0.39, 0.29) is 17.3 Å². The molecule has 8 nitrogen and oxygen atoms in total. The third-order valence-electron chi connectivity index (χ3n) is 5.56. The van der Waals surface area contributed by atoms with Gasteiger partial charge >= 0.3 is 0 Å². The highest BCUT2D eigenvalue weighted by atomic mass is 16.5. The molecule has 2 aliphatic rings. The molecule has 0 radical (unpaired) electrons.